The zero-order valence-corrected chi connectivity index (χ0v) is 19.1. The third-order valence-corrected chi connectivity index (χ3v) is 6.72. The molecule has 2 heterocycles. The second-order valence-electron chi connectivity index (χ2n) is 9.05. The molecule has 0 amide bonds. The molecule has 0 aliphatic carbocycles. The molecule has 0 bridgehead atoms. The minimum atomic E-state index is -4.45. The van der Waals surface area contributed by atoms with Crippen LogP contribution >= 0.6 is 0 Å². The molecule has 3 aromatic rings. The first kappa shape index (κ1) is 23.3. The van der Waals surface area contributed by atoms with E-state index in [2.05, 4.69) is 41.3 Å². The van der Waals surface area contributed by atoms with Crippen LogP contribution in [0.5, 0.6) is 5.75 Å². The number of likely N-dealkylation sites (tertiary alicyclic amines) is 1. The van der Waals surface area contributed by atoms with E-state index in [-0.39, 0.29) is 17.2 Å². The Labute approximate surface area is 190 Å². The van der Waals surface area contributed by atoms with Crippen LogP contribution in [0.25, 0.3) is 10.8 Å². The highest BCUT2D eigenvalue weighted by atomic mass is 19.4. The lowest BCUT2D eigenvalue weighted by atomic mass is 9.99. The molecule has 33 heavy (non-hydrogen) atoms. The van der Waals surface area contributed by atoms with Gasteiger partial charge in [0.15, 0.2) is 5.82 Å². The molecule has 0 unspecified atom stereocenters. The van der Waals surface area contributed by atoms with Crippen molar-refractivity contribution < 1.29 is 17.9 Å². The number of fused-ring (bicyclic) bond motifs is 1. The Bertz CT molecular complexity index is 1160. The number of benzene rings is 2. The van der Waals surface area contributed by atoms with Gasteiger partial charge in [0.1, 0.15) is 18.0 Å². The second kappa shape index (κ2) is 8.46. The van der Waals surface area contributed by atoms with Crippen molar-refractivity contribution >= 4 is 16.6 Å². The van der Waals surface area contributed by atoms with Crippen molar-refractivity contribution in [3.05, 3.63) is 59.3 Å². The zero-order chi connectivity index (χ0) is 24.0. The number of nitrogens with two attached hydrogens (primary N) is 1. The maximum atomic E-state index is 13.3. The fourth-order valence-electron chi connectivity index (χ4n) is 4.32. The van der Waals surface area contributed by atoms with Gasteiger partial charge in [-0.3, -0.25) is 4.90 Å². The summed E-state index contributed by atoms with van der Waals surface area (Å²) in [4.78, 5) is 2.27. The van der Waals surface area contributed by atoms with E-state index in [1.165, 1.54) is 13.0 Å². The minimum absolute atomic E-state index is 0.0289. The van der Waals surface area contributed by atoms with E-state index >= 15 is 0 Å². The van der Waals surface area contributed by atoms with Crippen molar-refractivity contribution in [3.63, 3.8) is 0 Å². The van der Waals surface area contributed by atoms with Crippen molar-refractivity contribution in [2.75, 3.05) is 18.9 Å². The fourth-order valence-corrected chi connectivity index (χ4v) is 4.32. The number of likely N-dealkylation sites (N-methyl/N-ethyl adjacent to an activating group) is 1. The number of aromatic nitrogens is 2. The number of nitrogens with zero attached hydrogens (tertiary/aromatic N) is 3. The molecular formula is C24H28F3N5O. The van der Waals surface area contributed by atoms with Crippen molar-refractivity contribution in [3.8, 4) is 5.75 Å². The van der Waals surface area contributed by atoms with E-state index in [9.17, 15) is 13.2 Å². The molecule has 0 saturated carbocycles. The van der Waals surface area contributed by atoms with Gasteiger partial charge >= 0.3 is 6.18 Å². The topological polar surface area (TPSA) is 76.3 Å². The summed E-state index contributed by atoms with van der Waals surface area (Å²) in [5.74, 6) is 1.07. The van der Waals surface area contributed by atoms with Crippen molar-refractivity contribution in [1.29, 1.82) is 0 Å². The molecule has 1 aromatic heterocycles. The van der Waals surface area contributed by atoms with Crippen LogP contribution in [0.1, 0.15) is 43.1 Å². The summed E-state index contributed by atoms with van der Waals surface area (Å²) in [5.41, 5.74) is 5.88. The van der Waals surface area contributed by atoms with Gasteiger partial charge in [0, 0.05) is 17.3 Å². The molecule has 1 fully saturated rings. The number of alkyl halides is 3. The first-order valence-corrected chi connectivity index (χ1v) is 10.8. The van der Waals surface area contributed by atoms with Crippen molar-refractivity contribution in [1.82, 2.24) is 15.1 Å². The molecule has 0 spiro atoms. The van der Waals surface area contributed by atoms with E-state index in [4.69, 9.17) is 10.5 Å². The van der Waals surface area contributed by atoms with Gasteiger partial charge in [-0.25, -0.2) is 0 Å². The van der Waals surface area contributed by atoms with E-state index < -0.39 is 17.9 Å². The zero-order valence-electron chi connectivity index (χ0n) is 19.1. The van der Waals surface area contributed by atoms with Gasteiger partial charge in [-0.15, -0.1) is 5.10 Å². The quantitative estimate of drug-likeness (QED) is 0.529. The predicted octanol–water partition coefficient (Wildman–Crippen LogP) is 4.89. The number of ether oxygens (including phenoxy) is 1. The lowest BCUT2D eigenvalue weighted by Gasteiger charge is -2.33. The Morgan fingerprint density at radius 1 is 1.24 bits per heavy atom. The van der Waals surface area contributed by atoms with Crippen LogP contribution in [-0.2, 0) is 6.18 Å². The molecule has 176 valence electrons. The number of hydrogen-bond acceptors (Lipinski definition) is 6. The first-order chi connectivity index (χ1) is 15.5. The molecule has 9 heteroatoms. The van der Waals surface area contributed by atoms with Gasteiger partial charge in [-0.1, -0.05) is 12.1 Å². The number of nitrogens with one attached hydrogen (secondary N) is 1. The molecule has 2 aromatic carbocycles. The van der Waals surface area contributed by atoms with Crippen molar-refractivity contribution in [2.45, 2.75) is 51.2 Å². The Morgan fingerprint density at radius 3 is 2.67 bits per heavy atom. The standard InChI is InChI=1S/C24H28F3N5O/c1-14-17(6-5-7-19(14)24(25,26)27)21(28)30-22-18-12-16(9-8-15(18)13-29-31-22)33-20-10-11-32(4)23(20,2)3/h5-9,12-13,20-21H,10-11,28H2,1-4H3,(H,30,31)/t20-,21-/m0/s1. The summed E-state index contributed by atoms with van der Waals surface area (Å²) in [6.07, 6.45) is -2.78. The molecule has 3 N–H and O–H groups in total. The van der Waals surface area contributed by atoms with Gasteiger partial charge in [0.2, 0.25) is 0 Å². The molecule has 4 rings (SSSR count). The Balaban J connectivity index is 1.63. The average molecular weight is 460 g/mol. The molecule has 1 saturated heterocycles. The second-order valence-corrected chi connectivity index (χ2v) is 9.05. The minimum Gasteiger partial charge on any atom is -0.488 e. The van der Waals surface area contributed by atoms with Gasteiger partial charge in [-0.2, -0.15) is 18.3 Å². The number of anilines is 1. The lowest BCUT2D eigenvalue weighted by Crippen LogP contribution is -2.45. The van der Waals surface area contributed by atoms with E-state index in [1.807, 2.05) is 18.2 Å². The number of hydrogen-bond donors (Lipinski definition) is 2. The smallest absolute Gasteiger partial charge is 0.416 e. The fraction of sp³-hybridized carbons (Fsp3) is 0.417. The Morgan fingerprint density at radius 2 is 2.00 bits per heavy atom. The van der Waals surface area contributed by atoms with Gasteiger partial charge in [0.25, 0.3) is 0 Å². The molecule has 0 radical (unpaired) electrons. The van der Waals surface area contributed by atoms with Gasteiger partial charge in [0.05, 0.1) is 17.3 Å². The van der Waals surface area contributed by atoms with Crippen LogP contribution < -0.4 is 15.8 Å². The average Bonchev–Trinajstić information content (AvgIpc) is 3.00. The molecular weight excluding hydrogens is 431 g/mol. The van der Waals surface area contributed by atoms with Crippen molar-refractivity contribution in [2.24, 2.45) is 5.73 Å². The lowest BCUT2D eigenvalue weighted by molar-refractivity contribution is -0.138. The monoisotopic (exact) mass is 459 g/mol. The van der Waals surface area contributed by atoms with Gasteiger partial charge < -0.3 is 15.8 Å². The number of rotatable bonds is 5. The number of halogens is 3. The van der Waals surface area contributed by atoms with Gasteiger partial charge in [-0.05, 0) is 69.6 Å². The summed E-state index contributed by atoms with van der Waals surface area (Å²) in [7, 11) is 2.08. The van der Waals surface area contributed by atoms with Crippen LogP contribution in [0.3, 0.4) is 0 Å². The largest absolute Gasteiger partial charge is 0.488 e. The highest BCUT2D eigenvalue weighted by Gasteiger charge is 2.40. The maximum Gasteiger partial charge on any atom is 0.416 e. The normalized spacial score (nSPS) is 19.6. The Hall–Kier alpha value is -2.91. The summed E-state index contributed by atoms with van der Waals surface area (Å²) >= 11 is 0. The van der Waals surface area contributed by atoms with Crippen LogP contribution in [0.4, 0.5) is 19.0 Å². The molecule has 1 aliphatic rings. The third-order valence-electron chi connectivity index (χ3n) is 6.72. The maximum absolute atomic E-state index is 13.3. The summed E-state index contributed by atoms with van der Waals surface area (Å²) in [6, 6.07) is 9.62. The summed E-state index contributed by atoms with van der Waals surface area (Å²) in [5, 5.41) is 12.8. The van der Waals surface area contributed by atoms with E-state index in [0.717, 1.165) is 29.8 Å². The van der Waals surface area contributed by atoms with Crippen LogP contribution in [0.15, 0.2) is 42.6 Å². The first-order valence-electron chi connectivity index (χ1n) is 10.8. The summed E-state index contributed by atoms with van der Waals surface area (Å²) < 4.78 is 46.3. The van der Waals surface area contributed by atoms with E-state index in [0.29, 0.717) is 17.1 Å². The molecule has 1 aliphatic heterocycles. The SMILES string of the molecule is Cc1c([C@@H](N)Nc2nncc3ccc(O[C@H]4CCN(C)C4(C)C)cc23)cccc1C(F)(F)F. The highest BCUT2D eigenvalue weighted by molar-refractivity contribution is 5.92. The van der Waals surface area contributed by atoms with Crippen LogP contribution in [0.2, 0.25) is 0 Å². The third kappa shape index (κ3) is 4.47. The highest BCUT2D eigenvalue weighted by Crippen LogP contribution is 2.36. The summed E-state index contributed by atoms with van der Waals surface area (Å²) in [6.45, 7) is 6.68. The van der Waals surface area contributed by atoms with Crippen LogP contribution in [0, 0.1) is 6.92 Å². The van der Waals surface area contributed by atoms with Crippen LogP contribution in [-0.4, -0.2) is 40.3 Å². The Kier molecular flexibility index (Phi) is 5.96. The van der Waals surface area contributed by atoms with E-state index in [1.54, 1.807) is 12.3 Å². The predicted molar refractivity (Wildman–Crippen MR) is 122 cm³/mol. The molecule has 2 atom stereocenters. The molecule has 6 nitrogen and oxygen atoms in total.